The predicted molar refractivity (Wildman–Crippen MR) is 67.6 cm³/mol. The Kier molecular flexibility index (Phi) is 4.02. The van der Waals surface area contributed by atoms with E-state index in [1.54, 1.807) is 12.1 Å². The van der Waals surface area contributed by atoms with Crippen molar-refractivity contribution in [2.45, 2.75) is 6.42 Å². The van der Waals surface area contributed by atoms with Gasteiger partial charge in [0.05, 0.1) is 6.20 Å². The summed E-state index contributed by atoms with van der Waals surface area (Å²) in [5.41, 5.74) is 0.891. The number of aromatic nitrogens is 2. The highest BCUT2D eigenvalue weighted by Gasteiger charge is 2.10. The van der Waals surface area contributed by atoms with Gasteiger partial charge in [-0.05, 0) is 30.2 Å². The van der Waals surface area contributed by atoms with Crippen LogP contribution in [0.25, 0.3) is 0 Å². The van der Waals surface area contributed by atoms with E-state index >= 15 is 0 Å². The summed E-state index contributed by atoms with van der Waals surface area (Å²) in [5, 5.41) is 19.2. The van der Waals surface area contributed by atoms with Crippen LogP contribution in [0.5, 0.6) is 0 Å². The van der Waals surface area contributed by atoms with Gasteiger partial charge in [-0.2, -0.15) is 5.10 Å². The van der Waals surface area contributed by atoms with Crippen molar-refractivity contribution < 1.29 is 14.3 Å². The van der Waals surface area contributed by atoms with Crippen LogP contribution in [0.3, 0.4) is 0 Å². The number of carbonyl (C=O) groups is 1. The first kappa shape index (κ1) is 12.9. The SMILES string of the molecule is O=C(O)c1ccnnc1NCCc1cccc(F)c1. The van der Waals surface area contributed by atoms with Gasteiger partial charge in [0, 0.05) is 6.54 Å². The van der Waals surface area contributed by atoms with Crippen LogP contribution in [0.4, 0.5) is 10.2 Å². The van der Waals surface area contributed by atoms with Crippen LogP contribution in [-0.4, -0.2) is 27.8 Å². The number of aromatic carboxylic acids is 1. The quantitative estimate of drug-likeness (QED) is 0.860. The van der Waals surface area contributed by atoms with Crippen molar-refractivity contribution in [3.63, 3.8) is 0 Å². The van der Waals surface area contributed by atoms with E-state index in [0.29, 0.717) is 13.0 Å². The molecule has 0 atom stereocenters. The van der Waals surface area contributed by atoms with Crippen molar-refractivity contribution in [2.24, 2.45) is 0 Å². The number of nitrogens with one attached hydrogen (secondary N) is 1. The first-order chi connectivity index (χ1) is 9.16. The van der Waals surface area contributed by atoms with Crippen molar-refractivity contribution in [3.8, 4) is 0 Å². The highest BCUT2D eigenvalue weighted by atomic mass is 19.1. The zero-order valence-corrected chi connectivity index (χ0v) is 10.0. The Hall–Kier alpha value is -2.50. The van der Waals surface area contributed by atoms with Gasteiger partial charge in [0.25, 0.3) is 0 Å². The summed E-state index contributed by atoms with van der Waals surface area (Å²) in [6, 6.07) is 7.63. The van der Waals surface area contributed by atoms with Crippen LogP contribution in [0.1, 0.15) is 15.9 Å². The fraction of sp³-hybridized carbons (Fsp3) is 0.154. The third-order valence-corrected chi connectivity index (χ3v) is 2.55. The average molecular weight is 261 g/mol. The molecule has 1 heterocycles. The zero-order chi connectivity index (χ0) is 13.7. The number of carboxylic acid groups (broad SMARTS) is 1. The third kappa shape index (κ3) is 3.48. The molecule has 2 rings (SSSR count). The molecule has 2 aromatic rings. The molecule has 0 saturated carbocycles. The molecule has 0 amide bonds. The molecule has 1 aromatic heterocycles. The lowest BCUT2D eigenvalue weighted by Gasteiger charge is -2.07. The van der Waals surface area contributed by atoms with Crippen LogP contribution >= 0.6 is 0 Å². The minimum Gasteiger partial charge on any atom is -0.478 e. The first-order valence-corrected chi connectivity index (χ1v) is 5.70. The number of carboxylic acids is 1. The second kappa shape index (κ2) is 5.90. The van der Waals surface area contributed by atoms with Gasteiger partial charge in [-0.3, -0.25) is 0 Å². The largest absolute Gasteiger partial charge is 0.478 e. The lowest BCUT2D eigenvalue weighted by atomic mass is 10.1. The molecule has 0 radical (unpaired) electrons. The maximum Gasteiger partial charge on any atom is 0.339 e. The minimum absolute atomic E-state index is 0.0641. The standard InChI is InChI=1S/C13H12FN3O2/c14-10-3-1-2-9(8-10)4-6-15-12-11(13(18)19)5-7-16-17-12/h1-3,5,7-8H,4,6H2,(H,15,17)(H,18,19). The van der Waals surface area contributed by atoms with Gasteiger partial charge in [-0.1, -0.05) is 12.1 Å². The maximum absolute atomic E-state index is 13.0. The van der Waals surface area contributed by atoms with Crippen LogP contribution in [0, 0.1) is 5.82 Å². The van der Waals surface area contributed by atoms with E-state index in [1.807, 2.05) is 0 Å². The summed E-state index contributed by atoms with van der Waals surface area (Å²) in [6.45, 7) is 0.447. The highest BCUT2D eigenvalue weighted by molar-refractivity contribution is 5.92. The van der Waals surface area contributed by atoms with Gasteiger partial charge >= 0.3 is 5.97 Å². The lowest BCUT2D eigenvalue weighted by molar-refractivity contribution is 0.0697. The second-order valence-corrected chi connectivity index (χ2v) is 3.91. The van der Waals surface area contributed by atoms with Crippen LogP contribution in [0.2, 0.25) is 0 Å². The molecule has 0 bridgehead atoms. The number of rotatable bonds is 5. The molecule has 2 N–H and O–H groups in total. The molecule has 0 aliphatic heterocycles. The van der Waals surface area contributed by atoms with E-state index in [9.17, 15) is 9.18 Å². The van der Waals surface area contributed by atoms with Crippen LogP contribution in [-0.2, 0) is 6.42 Å². The molecular formula is C13H12FN3O2. The summed E-state index contributed by atoms with van der Waals surface area (Å²) in [7, 11) is 0. The Balaban J connectivity index is 1.98. The number of benzene rings is 1. The molecule has 5 nitrogen and oxygen atoms in total. The molecule has 98 valence electrons. The van der Waals surface area contributed by atoms with Crippen molar-refractivity contribution in [1.82, 2.24) is 10.2 Å². The van der Waals surface area contributed by atoms with Gasteiger partial charge in [-0.25, -0.2) is 9.18 Å². The topological polar surface area (TPSA) is 75.1 Å². The van der Waals surface area contributed by atoms with E-state index in [0.717, 1.165) is 5.56 Å². The molecule has 0 unspecified atom stereocenters. The summed E-state index contributed by atoms with van der Waals surface area (Å²) >= 11 is 0. The van der Waals surface area contributed by atoms with Gasteiger partial charge in [0.2, 0.25) is 0 Å². The average Bonchev–Trinajstić information content (AvgIpc) is 2.39. The monoisotopic (exact) mass is 261 g/mol. The fourth-order valence-corrected chi connectivity index (χ4v) is 1.65. The normalized spacial score (nSPS) is 10.2. The lowest BCUT2D eigenvalue weighted by Crippen LogP contribution is -2.11. The van der Waals surface area contributed by atoms with Crippen LogP contribution < -0.4 is 5.32 Å². The number of nitrogens with zero attached hydrogens (tertiary/aromatic N) is 2. The minimum atomic E-state index is -1.07. The van der Waals surface area contributed by atoms with Crippen molar-refractivity contribution in [2.75, 3.05) is 11.9 Å². The maximum atomic E-state index is 13.0. The molecule has 19 heavy (non-hydrogen) atoms. The first-order valence-electron chi connectivity index (χ1n) is 5.70. The molecular weight excluding hydrogens is 249 g/mol. The molecule has 0 aliphatic carbocycles. The Morgan fingerprint density at radius 1 is 1.37 bits per heavy atom. The van der Waals surface area contributed by atoms with E-state index in [-0.39, 0.29) is 17.2 Å². The molecule has 6 heteroatoms. The van der Waals surface area contributed by atoms with E-state index in [2.05, 4.69) is 15.5 Å². The highest BCUT2D eigenvalue weighted by Crippen LogP contribution is 2.10. The van der Waals surface area contributed by atoms with Crippen molar-refractivity contribution in [3.05, 3.63) is 53.5 Å². The Labute approximate surface area is 109 Å². The fourth-order valence-electron chi connectivity index (χ4n) is 1.65. The van der Waals surface area contributed by atoms with Crippen molar-refractivity contribution in [1.29, 1.82) is 0 Å². The molecule has 0 fully saturated rings. The number of halogens is 1. The van der Waals surface area contributed by atoms with E-state index in [4.69, 9.17) is 5.11 Å². The molecule has 0 aliphatic rings. The van der Waals surface area contributed by atoms with Gasteiger partial charge < -0.3 is 10.4 Å². The Bertz CT molecular complexity index is 590. The predicted octanol–water partition coefficient (Wildman–Crippen LogP) is 1.97. The number of hydrogen-bond acceptors (Lipinski definition) is 4. The Morgan fingerprint density at radius 3 is 2.95 bits per heavy atom. The summed E-state index contributed by atoms with van der Waals surface area (Å²) in [6.07, 6.45) is 1.88. The van der Waals surface area contributed by atoms with Gasteiger partial charge in [-0.15, -0.1) is 5.10 Å². The molecule has 1 aromatic carbocycles. The third-order valence-electron chi connectivity index (χ3n) is 2.55. The van der Waals surface area contributed by atoms with E-state index < -0.39 is 5.97 Å². The summed E-state index contributed by atoms with van der Waals surface area (Å²) in [5.74, 6) is -1.14. The number of hydrogen-bond donors (Lipinski definition) is 2. The second-order valence-electron chi connectivity index (χ2n) is 3.91. The van der Waals surface area contributed by atoms with Crippen molar-refractivity contribution >= 4 is 11.8 Å². The summed E-state index contributed by atoms with van der Waals surface area (Å²) < 4.78 is 13.0. The van der Waals surface area contributed by atoms with Crippen LogP contribution in [0.15, 0.2) is 36.5 Å². The molecule has 0 saturated heterocycles. The molecule has 0 spiro atoms. The zero-order valence-electron chi connectivity index (χ0n) is 10.0. The number of anilines is 1. The van der Waals surface area contributed by atoms with Gasteiger partial charge in [0.15, 0.2) is 5.82 Å². The van der Waals surface area contributed by atoms with Gasteiger partial charge in [0.1, 0.15) is 11.4 Å². The smallest absolute Gasteiger partial charge is 0.339 e. The Morgan fingerprint density at radius 2 is 2.21 bits per heavy atom. The van der Waals surface area contributed by atoms with E-state index in [1.165, 1.54) is 24.4 Å². The summed E-state index contributed by atoms with van der Waals surface area (Å²) in [4.78, 5) is 10.9.